The predicted octanol–water partition coefficient (Wildman–Crippen LogP) is 3.70. The Labute approximate surface area is 181 Å². The Balaban J connectivity index is 1.78. The van der Waals surface area contributed by atoms with E-state index in [1.54, 1.807) is 10.9 Å². The van der Waals surface area contributed by atoms with Crippen molar-refractivity contribution >= 4 is 33.4 Å². The number of aryl methyl sites for hydroxylation is 1. The normalized spacial score (nSPS) is 13.9. The highest BCUT2D eigenvalue weighted by Crippen LogP contribution is 2.45. The van der Waals surface area contributed by atoms with Crippen LogP contribution >= 0.6 is 15.9 Å². The second-order valence-electron chi connectivity index (χ2n) is 7.72. The zero-order chi connectivity index (χ0) is 22.0. The summed E-state index contributed by atoms with van der Waals surface area (Å²) in [6.07, 6.45) is 0.587. The molecule has 8 nitrogen and oxygen atoms in total. The van der Waals surface area contributed by atoms with Crippen molar-refractivity contribution in [3.05, 3.63) is 27.8 Å². The molecule has 0 atom stereocenters. The van der Waals surface area contributed by atoms with Crippen LogP contribution in [0.2, 0.25) is 0 Å². The summed E-state index contributed by atoms with van der Waals surface area (Å²) in [7, 11) is 0. The molecule has 0 unspecified atom stereocenters. The Morgan fingerprint density at radius 1 is 1.30 bits per heavy atom. The molecule has 1 aliphatic rings. The first-order valence-electron chi connectivity index (χ1n) is 9.90. The van der Waals surface area contributed by atoms with Crippen LogP contribution in [0.3, 0.4) is 0 Å². The Morgan fingerprint density at radius 3 is 2.57 bits per heavy atom. The van der Waals surface area contributed by atoms with Crippen molar-refractivity contribution in [2.45, 2.75) is 59.0 Å². The Hall–Kier alpha value is -2.30. The molecule has 164 valence electrons. The molecule has 0 saturated heterocycles. The van der Waals surface area contributed by atoms with Gasteiger partial charge in [-0.3, -0.25) is 19.0 Å². The van der Waals surface area contributed by atoms with Gasteiger partial charge >= 0.3 is 0 Å². The minimum absolute atomic E-state index is 0.114. The van der Waals surface area contributed by atoms with E-state index in [0.717, 1.165) is 12.8 Å². The Kier molecular flexibility index (Phi) is 6.89. The molecule has 2 aromatic rings. The van der Waals surface area contributed by atoms with Crippen LogP contribution in [0.5, 0.6) is 0 Å². The maximum atomic E-state index is 13.2. The highest BCUT2D eigenvalue weighted by molar-refractivity contribution is 9.10. The summed E-state index contributed by atoms with van der Waals surface area (Å²) >= 11 is 3.21. The van der Waals surface area contributed by atoms with Gasteiger partial charge in [-0.05, 0) is 41.6 Å². The minimum atomic E-state index is -2.74. The van der Waals surface area contributed by atoms with E-state index < -0.39 is 12.3 Å². The first-order chi connectivity index (χ1) is 14.2. The Morgan fingerprint density at radius 2 is 2.00 bits per heavy atom. The molecule has 0 spiro atoms. The SMILES string of the molecule is CCn1cc(NC(=O)Cn2nc(C(F)F)c(Br)c2C2CC2)c(C(=O)NCC(C)C)n1. The number of rotatable bonds is 9. The number of hydrogen-bond acceptors (Lipinski definition) is 4. The van der Waals surface area contributed by atoms with Gasteiger partial charge < -0.3 is 10.6 Å². The van der Waals surface area contributed by atoms with Crippen molar-refractivity contribution < 1.29 is 18.4 Å². The largest absolute Gasteiger partial charge is 0.350 e. The van der Waals surface area contributed by atoms with E-state index in [-0.39, 0.29) is 45.8 Å². The number of aromatic nitrogens is 4. The van der Waals surface area contributed by atoms with Gasteiger partial charge in [0.1, 0.15) is 12.2 Å². The molecule has 2 amide bonds. The maximum Gasteiger partial charge on any atom is 0.283 e. The topological polar surface area (TPSA) is 93.8 Å². The van der Waals surface area contributed by atoms with E-state index in [1.165, 1.54) is 4.68 Å². The molecule has 1 fully saturated rings. The fourth-order valence-electron chi connectivity index (χ4n) is 3.03. The summed E-state index contributed by atoms with van der Waals surface area (Å²) in [6, 6.07) is 0. The number of alkyl halides is 2. The van der Waals surface area contributed by atoms with Crippen LogP contribution in [0.1, 0.15) is 67.8 Å². The summed E-state index contributed by atoms with van der Waals surface area (Å²) < 4.78 is 29.6. The van der Waals surface area contributed by atoms with Crippen molar-refractivity contribution in [3.8, 4) is 0 Å². The maximum absolute atomic E-state index is 13.2. The number of amides is 2. The first-order valence-corrected chi connectivity index (χ1v) is 10.7. The lowest BCUT2D eigenvalue weighted by atomic mass is 10.2. The fraction of sp³-hybridized carbons (Fsp3) is 0.579. The van der Waals surface area contributed by atoms with E-state index in [1.807, 2.05) is 20.8 Å². The van der Waals surface area contributed by atoms with Crippen molar-refractivity contribution in [1.29, 1.82) is 0 Å². The van der Waals surface area contributed by atoms with Gasteiger partial charge in [0.25, 0.3) is 12.3 Å². The molecule has 1 saturated carbocycles. The predicted molar refractivity (Wildman–Crippen MR) is 111 cm³/mol. The molecule has 0 radical (unpaired) electrons. The lowest BCUT2D eigenvalue weighted by molar-refractivity contribution is -0.117. The molecule has 0 aromatic carbocycles. The van der Waals surface area contributed by atoms with Gasteiger partial charge in [-0.2, -0.15) is 10.2 Å². The summed E-state index contributed by atoms with van der Waals surface area (Å²) in [5.41, 5.74) is 0.636. The smallest absolute Gasteiger partial charge is 0.283 e. The Bertz CT molecular complexity index is 936. The first kappa shape index (κ1) is 22.4. The zero-order valence-corrected chi connectivity index (χ0v) is 18.7. The third-order valence-corrected chi connectivity index (χ3v) is 5.48. The third kappa shape index (κ3) is 5.05. The van der Waals surface area contributed by atoms with Crippen molar-refractivity contribution in [1.82, 2.24) is 24.9 Å². The van der Waals surface area contributed by atoms with Crippen LogP contribution in [0.25, 0.3) is 0 Å². The van der Waals surface area contributed by atoms with Gasteiger partial charge in [-0.1, -0.05) is 13.8 Å². The van der Waals surface area contributed by atoms with Crippen molar-refractivity contribution in [3.63, 3.8) is 0 Å². The highest BCUT2D eigenvalue weighted by Gasteiger charge is 2.34. The van der Waals surface area contributed by atoms with Crippen LogP contribution in [-0.4, -0.2) is 37.9 Å². The molecule has 1 aliphatic carbocycles. The van der Waals surface area contributed by atoms with Crippen LogP contribution in [0, 0.1) is 5.92 Å². The molecular formula is C19H25BrF2N6O2. The minimum Gasteiger partial charge on any atom is -0.350 e. The number of nitrogens with zero attached hydrogens (tertiary/aromatic N) is 4. The lowest BCUT2D eigenvalue weighted by Crippen LogP contribution is -2.29. The molecule has 11 heteroatoms. The molecule has 0 bridgehead atoms. The van der Waals surface area contributed by atoms with Gasteiger partial charge in [-0.25, -0.2) is 8.78 Å². The van der Waals surface area contributed by atoms with Crippen LogP contribution in [0.15, 0.2) is 10.7 Å². The molecule has 2 N–H and O–H groups in total. The number of halogens is 3. The van der Waals surface area contributed by atoms with E-state index in [0.29, 0.717) is 18.8 Å². The molecule has 3 rings (SSSR count). The van der Waals surface area contributed by atoms with Crippen molar-refractivity contribution in [2.24, 2.45) is 5.92 Å². The lowest BCUT2D eigenvalue weighted by Gasteiger charge is -2.09. The number of hydrogen-bond donors (Lipinski definition) is 2. The van der Waals surface area contributed by atoms with Gasteiger partial charge in [0, 0.05) is 25.2 Å². The average Bonchev–Trinajstić information content (AvgIpc) is 3.34. The summed E-state index contributed by atoms with van der Waals surface area (Å²) in [5, 5.41) is 13.6. The van der Waals surface area contributed by atoms with Gasteiger partial charge in [0.2, 0.25) is 5.91 Å². The quantitative estimate of drug-likeness (QED) is 0.564. The van der Waals surface area contributed by atoms with Crippen LogP contribution in [0.4, 0.5) is 14.5 Å². The molecule has 2 heterocycles. The standard InChI is InChI=1S/C19H25BrF2N6O2/c1-4-27-8-12(15(25-27)19(30)23-7-10(2)3)24-13(29)9-28-17(11-5-6-11)14(20)16(26-28)18(21)22/h8,10-11,18H,4-7,9H2,1-3H3,(H,23,30)(H,24,29). The number of carbonyl (C=O) groups is 2. The van der Waals surface area contributed by atoms with Gasteiger partial charge in [-0.15, -0.1) is 0 Å². The van der Waals surface area contributed by atoms with E-state index in [4.69, 9.17) is 0 Å². The number of nitrogens with one attached hydrogen (secondary N) is 2. The van der Waals surface area contributed by atoms with E-state index >= 15 is 0 Å². The molecule has 2 aromatic heterocycles. The summed E-state index contributed by atoms with van der Waals surface area (Å²) in [4.78, 5) is 25.1. The van der Waals surface area contributed by atoms with Gasteiger partial charge in [0.15, 0.2) is 5.69 Å². The molecule has 0 aliphatic heterocycles. The van der Waals surface area contributed by atoms with Crippen LogP contribution < -0.4 is 10.6 Å². The van der Waals surface area contributed by atoms with E-state index in [9.17, 15) is 18.4 Å². The van der Waals surface area contributed by atoms with Crippen LogP contribution in [-0.2, 0) is 17.9 Å². The number of anilines is 1. The number of carbonyl (C=O) groups excluding carboxylic acids is 2. The molecule has 30 heavy (non-hydrogen) atoms. The zero-order valence-electron chi connectivity index (χ0n) is 17.1. The fourth-order valence-corrected chi connectivity index (χ4v) is 3.81. The molecular weight excluding hydrogens is 462 g/mol. The monoisotopic (exact) mass is 486 g/mol. The summed E-state index contributed by atoms with van der Waals surface area (Å²) in [5.74, 6) is -0.469. The summed E-state index contributed by atoms with van der Waals surface area (Å²) in [6.45, 7) is 6.58. The second-order valence-corrected chi connectivity index (χ2v) is 8.51. The third-order valence-electron chi connectivity index (χ3n) is 4.67. The highest BCUT2D eigenvalue weighted by atomic mass is 79.9. The van der Waals surface area contributed by atoms with Crippen molar-refractivity contribution in [2.75, 3.05) is 11.9 Å². The van der Waals surface area contributed by atoms with Gasteiger partial charge in [0.05, 0.1) is 15.9 Å². The second kappa shape index (κ2) is 9.23. The van der Waals surface area contributed by atoms with E-state index in [2.05, 4.69) is 36.8 Å². The average molecular weight is 487 g/mol.